The van der Waals surface area contributed by atoms with Crippen LogP contribution in [0.3, 0.4) is 0 Å². The van der Waals surface area contributed by atoms with Gasteiger partial charge in [0.2, 0.25) is 0 Å². The van der Waals surface area contributed by atoms with Crippen molar-refractivity contribution in [2.45, 2.75) is 12.8 Å². The summed E-state index contributed by atoms with van der Waals surface area (Å²) in [5, 5.41) is 17.0. The lowest BCUT2D eigenvalue weighted by Gasteiger charge is -2.02. The van der Waals surface area contributed by atoms with Gasteiger partial charge in [-0.3, -0.25) is 0 Å². The van der Waals surface area contributed by atoms with Crippen LogP contribution in [0.2, 0.25) is 0 Å². The van der Waals surface area contributed by atoms with Crippen molar-refractivity contribution < 1.29 is 9.90 Å². The highest BCUT2D eigenvalue weighted by atomic mass is 16.4. The molecule has 0 bridgehead atoms. The molecule has 0 aliphatic heterocycles. The molecule has 0 radical (unpaired) electrons. The Kier molecular flexibility index (Phi) is 4.11. The van der Waals surface area contributed by atoms with E-state index in [1.807, 2.05) is 24.3 Å². The molecule has 0 spiro atoms. The first-order valence-corrected chi connectivity index (χ1v) is 4.60. The standard InChI is InChI=1S/C12H11NO2/c13-9-3-6-10-4-1-2-5-11(10)7-8-12(14)15/h1-2,4-5,7-8H,3,6H2,(H,14,15). The lowest BCUT2D eigenvalue weighted by molar-refractivity contribution is -0.131. The number of nitrogens with zero attached hydrogens (tertiary/aromatic N) is 1. The second-order valence-corrected chi connectivity index (χ2v) is 3.03. The molecule has 0 amide bonds. The van der Waals surface area contributed by atoms with Crippen LogP contribution in [-0.4, -0.2) is 11.1 Å². The molecule has 1 aromatic carbocycles. The molecule has 0 aliphatic rings. The summed E-state index contributed by atoms with van der Waals surface area (Å²) in [5.41, 5.74) is 1.85. The van der Waals surface area contributed by atoms with Gasteiger partial charge >= 0.3 is 5.97 Å². The van der Waals surface area contributed by atoms with Crippen LogP contribution in [0, 0.1) is 11.3 Å². The van der Waals surface area contributed by atoms with Gasteiger partial charge < -0.3 is 5.11 Å². The fraction of sp³-hybridized carbons (Fsp3) is 0.167. The van der Waals surface area contributed by atoms with Gasteiger partial charge in [-0.25, -0.2) is 4.79 Å². The zero-order valence-corrected chi connectivity index (χ0v) is 8.18. The van der Waals surface area contributed by atoms with Crippen LogP contribution in [0.15, 0.2) is 30.3 Å². The summed E-state index contributed by atoms with van der Waals surface area (Å²) in [5.74, 6) is -0.968. The minimum absolute atomic E-state index is 0.442. The molecule has 0 atom stereocenters. The zero-order valence-electron chi connectivity index (χ0n) is 8.18. The third kappa shape index (κ3) is 3.65. The van der Waals surface area contributed by atoms with Gasteiger partial charge in [-0.15, -0.1) is 0 Å². The van der Waals surface area contributed by atoms with Gasteiger partial charge in [0.05, 0.1) is 6.07 Å². The highest BCUT2D eigenvalue weighted by Crippen LogP contribution is 2.12. The molecule has 1 rings (SSSR count). The van der Waals surface area contributed by atoms with Gasteiger partial charge in [0, 0.05) is 12.5 Å². The van der Waals surface area contributed by atoms with Crippen molar-refractivity contribution in [3.63, 3.8) is 0 Å². The Morgan fingerprint density at radius 2 is 2.20 bits per heavy atom. The molecule has 3 nitrogen and oxygen atoms in total. The molecule has 15 heavy (non-hydrogen) atoms. The maximum absolute atomic E-state index is 10.4. The largest absolute Gasteiger partial charge is 0.478 e. The first kappa shape index (κ1) is 11.0. The van der Waals surface area contributed by atoms with Crippen LogP contribution < -0.4 is 0 Å². The Morgan fingerprint density at radius 3 is 2.87 bits per heavy atom. The van der Waals surface area contributed by atoms with Crippen LogP contribution in [-0.2, 0) is 11.2 Å². The molecule has 0 heterocycles. The van der Waals surface area contributed by atoms with Crippen molar-refractivity contribution in [2.75, 3.05) is 0 Å². The van der Waals surface area contributed by atoms with Gasteiger partial charge in [0.25, 0.3) is 0 Å². The van der Waals surface area contributed by atoms with E-state index < -0.39 is 5.97 Å². The average molecular weight is 201 g/mol. The van der Waals surface area contributed by atoms with Crippen LogP contribution >= 0.6 is 0 Å². The first-order valence-electron chi connectivity index (χ1n) is 4.60. The Hall–Kier alpha value is -2.08. The second kappa shape index (κ2) is 5.61. The molecule has 0 saturated carbocycles. The monoisotopic (exact) mass is 201 g/mol. The first-order chi connectivity index (χ1) is 7.24. The van der Waals surface area contributed by atoms with E-state index in [1.165, 1.54) is 0 Å². The van der Waals surface area contributed by atoms with E-state index in [2.05, 4.69) is 6.07 Å². The smallest absolute Gasteiger partial charge is 0.328 e. The van der Waals surface area contributed by atoms with E-state index in [9.17, 15) is 4.79 Å². The summed E-state index contributed by atoms with van der Waals surface area (Å²) in [4.78, 5) is 10.4. The van der Waals surface area contributed by atoms with Crippen LogP contribution in [0.5, 0.6) is 0 Å². The van der Waals surface area contributed by atoms with Crippen molar-refractivity contribution in [2.24, 2.45) is 0 Å². The van der Waals surface area contributed by atoms with Crippen molar-refractivity contribution in [3.05, 3.63) is 41.5 Å². The molecular formula is C12H11NO2. The summed E-state index contributed by atoms with van der Waals surface area (Å²) in [7, 11) is 0. The number of carboxylic acids is 1. The lowest BCUT2D eigenvalue weighted by atomic mass is 10.0. The number of hydrogen-bond donors (Lipinski definition) is 1. The molecular weight excluding hydrogens is 190 g/mol. The third-order valence-electron chi connectivity index (χ3n) is 1.97. The number of rotatable bonds is 4. The van der Waals surface area contributed by atoms with Gasteiger partial charge in [0.15, 0.2) is 0 Å². The fourth-order valence-corrected chi connectivity index (χ4v) is 1.28. The number of aryl methyl sites for hydroxylation is 1. The number of hydrogen-bond acceptors (Lipinski definition) is 2. The molecule has 3 heteroatoms. The van der Waals surface area contributed by atoms with E-state index in [0.717, 1.165) is 17.2 Å². The van der Waals surface area contributed by atoms with E-state index in [-0.39, 0.29) is 0 Å². The van der Waals surface area contributed by atoms with Crippen molar-refractivity contribution in [3.8, 4) is 6.07 Å². The number of nitriles is 1. The number of carbonyl (C=O) groups is 1. The van der Waals surface area contributed by atoms with Gasteiger partial charge in [-0.2, -0.15) is 5.26 Å². The molecule has 0 aliphatic carbocycles. The zero-order chi connectivity index (χ0) is 11.1. The number of carboxylic acid groups (broad SMARTS) is 1. The summed E-state index contributed by atoms with van der Waals surface area (Å²) in [6, 6.07) is 9.53. The van der Waals surface area contributed by atoms with Crippen LogP contribution in [0.4, 0.5) is 0 Å². The van der Waals surface area contributed by atoms with Crippen molar-refractivity contribution >= 4 is 12.0 Å². The van der Waals surface area contributed by atoms with Crippen molar-refractivity contribution in [1.82, 2.24) is 0 Å². The Balaban J connectivity index is 2.86. The van der Waals surface area contributed by atoms with Crippen molar-refractivity contribution in [1.29, 1.82) is 5.26 Å². The number of aliphatic carboxylic acids is 1. The normalized spacial score (nSPS) is 10.1. The minimum atomic E-state index is -0.968. The molecule has 1 aromatic rings. The molecule has 0 fully saturated rings. The summed E-state index contributed by atoms with van der Waals surface area (Å²) < 4.78 is 0. The SMILES string of the molecule is N#CCCc1ccccc1C=CC(=O)O. The topological polar surface area (TPSA) is 61.1 Å². The minimum Gasteiger partial charge on any atom is -0.478 e. The van der Waals surface area contributed by atoms with Gasteiger partial charge in [0.1, 0.15) is 0 Å². The predicted molar refractivity (Wildman–Crippen MR) is 57.0 cm³/mol. The molecule has 76 valence electrons. The van der Waals surface area contributed by atoms with E-state index in [1.54, 1.807) is 6.08 Å². The predicted octanol–water partition coefficient (Wildman–Crippen LogP) is 2.24. The molecule has 0 aromatic heterocycles. The Morgan fingerprint density at radius 1 is 1.47 bits per heavy atom. The van der Waals surface area contributed by atoms with E-state index in [0.29, 0.717) is 12.8 Å². The Labute approximate surface area is 88.3 Å². The lowest BCUT2D eigenvalue weighted by Crippen LogP contribution is -1.90. The maximum atomic E-state index is 10.4. The highest BCUT2D eigenvalue weighted by Gasteiger charge is 1.98. The molecule has 1 N–H and O–H groups in total. The van der Waals surface area contributed by atoms with Crippen LogP contribution in [0.25, 0.3) is 6.08 Å². The maximum Gasteiger partial charge on any atom is 0.328 e. The summed E-state index contributed by atoms with van der Waals surface area (Å²) in [6.07, 6.45) is 3.74. The Bertz CT molecular complexity index is 416. The summed E-state index contributed by atoms with van der Waals surface area (Å²) in [6.45, 7) is 0. The van der Waals surface area contributed by atoms with Gasteiger partial charge in [-0.1, -0.05) is 24.3 Å². The third-order valence-corrected chi connectivity index (χ3v) is 1.97. The molecule has 0 unspecified atom stereocenters. The quantitative estimate of drug-likeness (QED) is 0.760. The average Bonchev–Trinajstić information content (AvgIpc) is 2.24. The van der Waals surface area contributed by atoms with Crippen LogP contribution in [0.1, 0.15) is 17.5 Å². The van der Waals surface area contributed by atoms with E-state index >= 15 is 0 Å². The molecule has 0 saturated heterocycles. The second-order valence-electron chi connectivity index (χ2n) is 3.03. The van der Waals surface area contributed by atoms with E-state index in [4.69, 9.17) is 10.4 Å². The summed E-state index contributed by atoms with van der Waals surface area (Å²) >= 11 is 0. The highest BCUT2D eigenvalue weighted by molar-refractivity contribution is 5.85. The van der Waals surface area contributed by atoms with Gasteiger partial charge in [-0.05, 0) is 23.6 Å². The number of benzene rings is 1. The fourth-order valence-electron chi connectivity index (χ4n) is 1.28.